The van der Waals surface area contributed by atoms with E-state index in [4.69, 9.17) is 52.1 Å². The fourth-order valence-corrected chi connectivity index (χ4v) is 8.16. The summed E-state index contributed by atoms with van der Waals surface area (Å²) in [4.78, 5) is 0. The SMILES string of the molecule is OC[C@H]1O[C@H](O[C@H]2[C@@H](OC[C@H]3O[C@H](OC[C@H]4O[C@H](OC[C@H]5OC(O)[C@H](O)[C@@H](O)[C@@H]5O)[C@H](O)[C@@H](O)[C@@H]4O)[C@H](O[C@H]4O[C@H](CO)[C@@H](O)[C@H](O)[C@H]4O)[C@@H](O)[C@@H]3O)O[C@H](CO)[C@@H](O)[C@@H]2O)[C@H](O)[C@@H](O)[C@@H]1O. The van der Waals surface area contributed by atoms with Crippen LogP contribution in [-0.4, -0.2) is 326 Å². The maximum absolute atomic E-state index is 11.5. The van der Waals surface area contributed by atoms with E-state index in [1.54, 1.807) is 0 Å². The summed E-state index contributed by atoms with van der Waals surface area (Å²) in [7, 11) is 0. The molecule has 31 heteroatoms. The highest BCUT2D eigenvalue weighted by atomic mass is 16.8. The van der Waals surface area contributed by atoms with E-state index in [2.05, 4.69) is 0 Å². The Morgan fingerprint density at radius 1 is 0.254 bits per heavy atom. The predicted molar refractivity (Wildman–Crippen MR) is 199 cm³/mol. The van der Waals surface area contributed by atoms with Crippen LogP contribution in [0.2, 0.25) is 0 Å². The monoisotopic (exact) mass is 990 g/mol. The van der Waals surface area contributed by atoms with Gasteiger partial charge in [0, 0.05) is 0 Å². The normalized spacial score (nSPS) is 53.4. The lowest BCUT2D eigenvalue weighted by Crippen LogP contribution is -2.66. The van der Waals surface area contributed by atoms with Crippen LogP contribution >= 0.6 is 0 Å². The van der Waals surface area contributed by atoms with Crippen molar-refractivity contribution in [3.05, 3.63) is 0 Å². The van der Waals surface area contributed by atoms with Gasteiger partial charge in [-0.25, -0.2) is 0 Å². The van der Waals surface area contributed by atoms with Crippen LogP contribution in [0.3, 0.4) is 0 Å². The summed E-state index contributed by atoms with van der Waals surface area (Å²) in [5, 5.41) is 208. The largest absolute Gasteiger partial charge is 0.394 e. The van der Waals surface area contributed by atoms with Gasteiger partial charge in [-0.05, 0) is 0 Å². The first-order valence-electron chi connectivity index (χ1n) is 21.1. The Labute approximate surface area is 378 Å². The van der Waals surface area contributed by atoms with Gasteiger partial charge in [-0.3, -0.25) is 0 Å². The molecule has 0 amide bonds. The summed E-state index contributed by atoms with van der Waals surface area (Å²) < 4.78 is 61.2. The first-order valence-corrected chi connectivity index (χ1v) is 21.1. The quantitative estimate of drug-likeness (QED) is 0.0683. The summed E-state index contributed by atoms with van der Waals surface area (Å²) in [5.74, 6) is 0. The molecular formula is C36H62O31. The van der Waals surface area contributed by atoms with E-state index in [0.717, 1.165) is 0 Å². The van der Waals surface area contributed by atoms with Crippen LogP contribution in [0, 0.1) is 0 Å². The second-order valence-corrected chi connectivity index (χ2v) is 16.9. The molecule has 31 nitrogen and oxygen atoms in total. The highest BCUT2D eigenvalue weighted by Crippen LogP contribution is 2.34. The van der Waals surface area contributed by atoms with Gasteiger partial charge in [0.2, 0.25) is 0 Å². The lowest BCUT2D eigenvalue weighted by molar-refractivity contribution is -0.384. The minimum atomic E-state index is -2.17. The standard InChI is InChI=1S/C36H62O31/c37-1-7-13(40)20(47)27(54)33(61-7)66-29-23(50)15(42)9(3-39)63-35(29)58-6-12-18(45)24(51)30(67-34-28(55)21(48)14(41)8(2-38)62-34)36(65-12)59-5-11-17(44)22(49)26(53)32(64-11)57-4-10-16(43)19(46)25(52)31(56)60-10/h7-56H,1-6H2/t7-,8-,9-,10-,11-,12-,13-,14-,15-,16-,17-,18-,19+,20+,21+,22+,23+,24+,25-,26-,27-,28-,29-,30-,31?,32+,33-,34-,35+,36+/m1/s1. The van der Waals surface area contributed by atoms with Gasteiger partial charge < -0.3 is 154 Å². The first kappa shape index (κ1) is 55.1. The number of hydrogen-bond donors (Lipinski definition) is 20. The molecule has 20 N–H and O–H groups in total. The second kappa shape index (κ2) is 23.5. The lowest BCUT2D eigenvalue weighted by Gasteiger charge is -2.48. The maximum atomic E-state index is 11.5. The van der Waals surface area contributed by atoms with Gasteiger partial charge in [-0.15, -0.1) is 0 Å². The summed E-state index contributed by atoms with van der Waals surface area (Å²) in [6, 6.07) is 0. The Morgan fingerprint density at radius 3 is 0.925 bits per heavy atom. The van der Waals surface area contributed by atoms with Crippen LogP contribution < -0.4 is 0 Å². The van der Waals surface area contributed by atoms with Gasteiger partial charge >= 0.3 is 0 Å². The van der Waals surface area contributed by atoms with E-state index in [1.807, 2.05) is 0 Å². The van der Waals surface area contributed by atoms with Crippen LogP contribution in [0.4, 0.5) is 0 Å². The van der Waals surface area contributed by atoms with Crippen molar-refractivity contribution in [2.75, 3.05) is 39.6 Å². The van der Waals surface area contributed by atoms with Gasteiger partial charge in [0.1, 0.15) is 146 Å². The molecule has 67 heavy (non-hydrogen) atoms. The number of aliphatic hydroxyl groups is 20. The zero-order valence-corrected chi connectivity index (χ0v) is 35.0. The zero-order chi connectivity index (χ0) is 49.3. The molecule has 6 heterocycles. The van der Waals surface area contributed by atoms with E-state index < -0.39 is 224 Å². The van der Waals surface area contributed by atoms with E-state index in [1.165, 1.54) is 0 Å². The second-order valence-electron chi connectivity index (χ2n) is 16.9. The molecule has 0 radical (unpaired) electrons. The molecule has 6 rings (SSSR count). The molecular weight excluding hydrogens is 928 g/mol. The molecule has 0 aliphatic carbocycles. The van der Waals surface area contributed by atoms with Gasteiger partial charge in [0.25, 0.3) is 0 Å². The molecule has 6 aliphatic rings. The smallest absolute Gasteiger partial charge is 0.187 e. The summed E-state index contributed by atoms with van der Waals surface area (Å²) >= 11 is 0. The van der Waals surface area contributed by atoms with Crippen molar-refractivity contribution >= 4 is 0 Å². The number of aliphatic hydroxyl groups excluding tert-OH is 20. The van der Waals surface area contributed by atoms with Crippen molar-refractivity contribution in [1.29, 1.82) is 0 Å². The van der Waals surface area contributed by atoms with Crippen LogP contribution in [0.25, 0.3) is 0 Å². The molecule has 0 saturated carbocycles. The van der Waals surface area contributed by atoms with Crippen LogP contribution in [0.5, 0.6) is 0 Å². The molecule has 30 atom stereocenters. The number of rotatable bonds is 16. The van der Waals surface area contributed by atoms with Crippen LogP contribution in [-0.2, 0) is 52.1 Å². The van der Waals surface area contributed by atoms with Crippen molar-refractivity contribution in [2.45, 2.75) is 184 Å². The Bertz CT molecular complexity index is 1510. The fraction of sp³-hybridized carbons (Fsp3) is 1.00. The third-order valence-electron chi connectivity index (χ3n) is 12.4. The van der Waals surface area contributed by atoms with Crippen molar-refractivity contribution in [2.24, 2.45) is 0 Å². The Balaban J connectivity index is 1.20. The van der Waals surface area contributed by atoms with E-state index in [9.17, 15) is 102 Å². The Hall–Kier alpha value is -1.24. The van der Waals surface area contributed by atoms with E-state index >= 15 is 0 Å². The van der Waals surface area contributed by atoms with E-state index in [0.29, 0.717) is 0 Å². The Morgan fingerprint density at radius 2 is 0.522 bits per heavy atom. The summed E-state index contributed by atoms with van der Waals surface area (Å²) in [6.07, 6.45) is -56.7. The molecule has 0 aromatic heterocycles. The first-order chi connectivity index (χ1) is 31.6. The van der Waals surface area contributed by atoms with E-state index in [-0.39, 0.29) is 0 Å². The molecule has 6 fully saturated rings. The number of hydrogen-bond acceptors (Lipinski definition) is 31. The lowest BCUT2D eigenvalue weighted by atomic mass is 9.96. The summed E-state index contributed by atoms with van der Waals surface area (Å²) in [6.45, 7) is -5.24. The fourth-order valence-electron chi connectivity index (χ4n) is 8.16. The molecule has 0 spiro atoms. The maximum Gasteiger partial charge on any atom is 0.187 e. The third-order valence-corrected chi connectivity index (χ3v) is 12.4. The van der Waals surface area contributed by atoms with Crippen LogP contribution in [0.15, 0.2) is 0 Å². The van der Waals surface area contributed by atoms with Gasteiger partial charge in [-0.1, -0.05) is 0 Å². The minimum absolute atomic E-state index is 0.749. The molecule has 1 unspecified atom stereocenters. The van der Waals surface area contributed by atoms with Crippen molar-refractivity contribution in [3.63, 3.8) is 0 Å². The zero-order valence-electron chi connectivity index (χ0n) is 35.0. The average molecular weight is 991 g/mol. The Kier molecular flexibility index (Phi) is 19.4. The highest BCUT2D eigenvalue weighted by molar-refractivity contribution is 4.98. The molecule has 0 bridgehead atoms. The molecule has 0 aromatic rings. The highest BCUT2D eigenvalue weighted by Gasteiger charge is 2.55. The molecule has 0 aromatic carbocycles. The van der Waals surface area contributed by atoms with Crippen molar-refractivity contribution in [3.8, 4) is 0 Å². The molecule has 6 saturated heterocycles. The van der Waals surface area contributed by atoms with Gasteiger partial charge in [0.05, 0.1) is 39.6 Å². The van der Waals surface area contributed by atoms with Gasteiger partial charge in [0.15, 0.2) is 37.7 Å². The predicted octanol–water partition coefficient (Wildman–Crippen LogP) is -14.1. The average Bonchev–Trinajstić information content (AvgIpc) is 3.31. The minimum Gasteiger partial charge on any atom is -0.394 e. The van der Waals surface area contributed by atoms with Crippen molar-refractivity contribution < 1.29 is 154 Å². The van der Waals surface area contributed by atoms with Crippen molar-refractivity contribution in [1.82, 2.24) is 0 Å². The van der Waals surface area contributed by atoms with Gasteiger partial charge in [-0.2, -0.15) is 0 Å². The molecule has 6 aliphatic heterocycles. The molecule has 392 valence electrons. The number of ether oxygens (including phenoxy) is 11. The summed E-state index contributed by atoms with van der Waals surface area (Å²) in [5.41, 5.74) is 0. The third kappa shape index (κ3) is 11.7. The topological polar surface area (TPSA) is 506 Å². The van der Waals surface area contributed by atoms with Crippen LogP contribution in [0.1, 0.15) is 0 Å².